The molecular formula is C20H25FN4O. The Morgan fingerprint density at radius 3 is 2.73 bits per heavy atom. The smallest absolute Gasteiger partial charge is 0.223 e. The quantitative estimate of drug-likeness (QED) is 0.846. The maximum atomic E-state index is 13.4. The van der Waals surface area contributed by atoms with E-state index in [4.69, 9.17) is 0 Å². The molecule has 2 aromatic rings. The van der Waals surface area contributed by atoms with Crippen LogP contribution in [0.1, 0.15) is 30.5 Å². The summed E-state index contributed by atoms with van der Waals surface area (Å²) in [6.07, 6.45) is 6.46. The molecule has 0 radical (unpaired) electrons. The summed E-state index contributed by atoms with van der Waals surface area (Å²) >= 11 is 0. The fourth-order valence-electron chi connectivity index (χ4n) is 4.27. The van der Waals surface area contributed by atoms with Crippen LogP contribution in [0.3, 0.4) is 0 Å². The minimum atomic E-state index is -0.243. The van der Waals surface area contributed by atoms with Gasteiger partial charge in [0.1, 0.15) is 5.82 Å². The summed E-state index contributed by atoms with van der Waals surface area (Å²) in [7, 11) is 2.02. The van der Waals surface area contributed by atoms with Crippen LogP contribution in [0, 0.1) is 11.2 Å². The third-order valence-electron chi connectivity index (χ3n) is 5.89. The van der Waals surface area contributed by atoms with Gasteiger partial charge in [0.05, 0.1) is 12.0 Å². The average molecular weight is 356 g/mol. The van der Waals surface area contributed by atoms with Gasteiger partial charge in [-0.15, -0.1) is 0 Å². The second kappa shape index (κ2) is 6.83. The number of carbonyl (C=O) groups excluding carboxylic acids is 1. The van der Waals surface area contributed by atoms with Crippen molar-refractivity contribution in [2.75, 3.05) is 19.6 Å². The molecular weight excluding hydrogens is 331 g/mol. The second-order valence-corrected chi connectivity index (χ2v) is 7.83. The van der Waals surface area contributed by atoms with Gasteiger partial charge >= 0.3 is 0 Å². The van der Waals surface area contributed by atoms with Crippen LogP contribution in [0.25, 0.3) is 0 Å². The zero-order valence-electron chi connectivity index (χ0n) is 15.2. The van der Waals surface area contributed by atoms with E-state index in [1.807, 2.05) is 30.5 Å². The first-order valence-electron chi connectivity index (χ1n) is 9.23. The molecule has 0 atom stereocenters. The van der Waals surface area contributed by atoms with Crippen LogP contribution < -0.4 is 0 Å². The lowest BCUT2D eigenvalue weighted by molar-refractivity contribution is -0.128. The molecule has 2 saturated heterocycles. The summed E-state index contributed by atoms with van der Waals surface area (Å²) in [6, 6.07) is 6.55. The molecule has 6 heteroatoms. The van der Waals surface area contributed by atoms with E-state index in [-0.39, 0.29) is 17.1 Å². The predicted molar refractivity (Wildman–Crippen MR) is 96.6 cm³/mol. The molecule has 3 heterocycles. The highest BCUT2D eigenvalue weighted by molar-refractivity contribution is 5.79. The second-order valence-electron chi connectivity index (χ2n) is 7.83. The summed E-state index contributed by atoms with van der Waals surface area (Å²) < 4.78 is 15.5. The largest absolute Gasteiger partial charge is 0.338 e. The summed E-state index contributed by atoms with van der Waals surface area (Å²) in [4.78, 5) is 21.1. The number of rotatable bonds is 4. The van der Waals surface area contributed by atoms with Crippen molar-refractivity contribution < 1.29 is 9.18 Å². The number of aromatic nitrogens is 2. The first kappa shape index (κ1) is 17.2. The Hall–Kier alpha value is -2.21. The first-order chi connectivity index (χ1) is 12.5. The molecule has 1 spiro atoms. The minimum absolute atomic E-state index is 0.0906. The van der Waals surface area contributed by atoms with E-state index in [1.54, 1.807) is 6.07 Å². The molecule has 0 aliphatic carbocycles. The number of piperidine rings is 1. The van der Waals surface area contributed by atoms with Crippen molar-refractivity contribution in [1.82, 2.24) is 19.4 Å². The number of benzene rings is 1. The van der Waals surface area contributed by atoms with Gasteiger partial charge in [0.25, 0.3) is 0 Å². The standard InChI is InChI=1S/C20H25FN4O/c1-23-15-22-11-18(23)13-24-7-5-20(6-8-24)10-19(26)25(14-20)12-16-3-2-4-17(21)9-16/h2-4,9,11,15H,5-8,10,12-14H2,1H3. The van der Waals surface area contributed by atoms with Gasteiger partial charge < -0.3 is 9.47 Å². The number of hydrogen-bond acceptors (Lipinski definition) is 3. The predicted octanol–water partition coefficient (Wildman–Crippen LogP) is 2.57. The Morgan fingerprint density at radius 1 is 1.23 bits per heavy atom. The molecule has 26 heavy (non-hydrogen) atoms. The molecule has 2 aliphatic rings. The van der Waals surface area contributed by atoms with Crippen molar-refractivity contribution in [3.8, 4) is 0 Å². The van der Waals surface area contributed by atoms with Gasteiger partial charge in [-0.2, -0.15) is 0 Å². The Labute approximate surface area is 153 Å². The van der Waals surface area contributed by atoms with Crippen LogP contribution in [-0.4, -0.2) is 44.9 Å². The summed E-state index contributed by atoms with van der Waals surface area (Å²) in [5.74, 6) is -0.0401. The number of halogens is 1. The molecule has 5 nitrogen and oxygen atoms in total. The summed E-state index contributed by atoms with van der Waals surface area (Å²) in [5, 5.41) is 0. The van der Waals surface area contributed by atoms with E-state index in [0.717, 1.165) is 44.6 Å². The van der Waals surface area contributed by atoms with Gasteiger partial charge in [-0.1, -0.05) is 12.1 Å². The molecule has 0 N–H and O–H groups in total. The van der Waals surface area contributed by atoms with Gasteiger partial charge in [-0.25, -0.2) is 9.37 Å². The van der Waals surface area contributed by atoms with Crippen molar-refractivity contribution >= 4 is 5.91 Å². The molecule has 2 fully saturated rings. The third kappa shape index (κ3) is 3.51. The van der Waals surface area contributed by atoms with Gasteiger partial charge in [0.15, 0.2) is 0 Å². The monoisotopic (exact) mass is 356 g/mol. The third-order valence-corrected chi connectivity index (χ3v) is 5.89. The van der Waals surface area contributed by atoms with Gasteiger partial charge in [0, 0.05) is 39.3 Å². The molecule has 2 aliphatic heterocycles. The maximum absolute atomic E-state index is 13.4. The van der Waals surface area contributed by atoms with E-state index in [2.05, 4.69) is 14.5 Å². The molecule has 0 bridgehead atoms. The molecule has 4 rings (SSSR count). The molecule has 138 valence electrons. The molecule has 1 amide bonds. The lowest BCUT2D eigenvalue weighted by Crippen LogP contribution is -2.41. The Morgan fingerprint density at radius 2 is 2.04 bits per heavy atom. The number of nitrogens with zero attached hydrogens (tertiary/aromatic N) is 4. The van der Waals surface area contributed by atoms with Crippen LogP contribution in [0.4, 0.5) is 4.39 Å². The Balaban J connectivity index is 1.35. The van der Waals surface area contributed by atoms with Crippen LogP contribution >= 0.6 is 0 Å². The fraction of sp³-hybridized carbons (Fsp3) is 0.500. The van der Waals surface area contributed by atoms with Crippen molar-refractivity contribution in [3.05, 3.63) is 53.9 Å². The SMILES string of the molecule is Cn1cncc1CN1CCC2(CC1)CC(=O)N(Cc1cccc(F)c1)C2. The zero-order chi connectivity index (χ0) is 18.1. The number of hydrogen-bond donors (Lipinski definition) is 0. The Bertz CT molecular complexity index is 795. The van der Waals surface area contributed by atoms with Crippen LogP contribution in [0.15, 0.2) is 36.8 Å². The molecule has 0 unspecified atom stereocenters. The number of likely N-dealkylation sites (tertiary alicyclic amines) is 2. The lowest BCUT2D eigenvalue weighted by Gasteiger charge is -2.38. The highest BCUT2D eigenvalue weighted by atomic mass is 19.1. The summed E-state index contributed by atoms with van der Waals surface area (Å²) in [6.45, 7) is 4.23. The van der Waals surface area contributed by atoms with Crippen molar-refractivity contribution in [3.63, 3.8) is 0 Å². The first-order valence-corrected chi connectivity index (χ1v) is 9.23. The highest BCUT2D eigenvalue weighted by Crippen LogP contribution is 2.41. The van der Waals surface area contributed by atoms with Crippen molar-refractivity contribution in [2.24, 2.45) is 12.5 Å². The van der Waals surface area contributed by atoms with E-state index < -0.39 is 0 Å². The zero-order valence-corrected chi connectivity index (χ0v) is 15.2. The molecule has 1 aromatic heterocycles. The minimum Gasteiger partial charge on any atom is -0.338 e. The number of aryl methyl sites for hydroxylation is 1. The van der Waals surface area contributed by atoms with E-state index in [1.165, 1.54) is 17.8 Å². The van der Waals surface area contributed by atoms with Crippen molar-refractivity contribution in [2.45, 2.75) is 32.4 Å². The normalized spacial score (nSPS) is 20.2. The lowest BCUT2D eigenvalue weighted by atomic mass is 9.77. The molecule has 1 aromatic carbocycles. The Kier molecular flexibility index (Phi) is 4.53. The topological polar surface area (TPSA) is 41.4 Å². The molecule has 0 saturated carbocycles. The van der Waals surface area contributed by atoms with E-state index in [9.17, 15) is 9.18 Å². The summed E-state index contributed by atoms with van der Waals surface area (Å²) in [5.41, 5.74) is 2.17. The van der Waals surface area contributed by atoms with Crippen LogP contribution in [0.5, 0.6) is 0 Å². The van der Waals surface area contributed by atoms with Gasteiger partial charge in [-0.05, 0) is 49.0 Å². The maximum Gasteiger partial charge on any atom is 0.223 e. The van der Waals surface area contributed by atoms with Crippen LogP contribution in [-0.2, 0) is 24.9 Å². The number of amides is 1. The fourth-order valence-corrected chi connectivity index (χ4v) is 4.27. The van der Waals surface area contributed by atoms with E-state index >= 15 is 0 Å². The van der Waals surface area contributed by atoms with Crippen LogP contribution in [0.2, 0.25) is 0 Å². The van der Waals surface area contributed by atoms with E-state index in [0.29, 0.717) is 13.0 Å². The van der Waals surface area contributed by atoms with Crippen molar-refractivity contribution in [1.29, 1.82) is 0 Å². The van der Waals surface area contributed by atoms with Gasteiger partial charge in [-0.3, -0.25) is 9.69 Å². The van der Waals surface area contributed by atoms with Gasteiger partial charge in [0.2, 0.25) is 5.91 Å². The number of carbonyl (C=O) groups is 1. The highest BCUT2D eigenvalue weighted by Gasteiger charge is 2.44. The average Bonchev–Trinajstić information content (AvgIpc) is 3.14. The number of imidazole rings is 1.